The van der Waals surface area contributed by atoms with E-state index in [1.165, 1.54) is 6.20 Å². The van der Waals surface area contributed by atoms with Crippen LogP contribution >= 0.6 is 23.2 Å². The van der Waals surface area contributed by atoms with E-state index in [0.29, 0.717) is 22.3 Å². The van der Waals surface area contributed by atoms with Gasteiger partial charge in [0.2, 0.25) is 0 Å². The van der Waals surface area contributed by atoms with Gasteiger partial charge in [-0.2, -0.15) is 5.26 Å². The first-order valence-corrected chi connectivity index (χ1v) is 7.91. The highest BCUT2D eigenvalue weighted by Gasteiger charge is 2.10. The number of anilines is 1. The van der Waals surface area contributed by atoms with Crippen LogP contribution in [0.1, 0.15) is 11.1 Å². The fraction of sp³-hybridized carbons (Fsp3) is 0.111. The number of nitrogens with one attached hydrogen (secondary N) is 2. The average Bonchev–Trinajstić information content (AvgIpc) is 2.56. The molecule has 0 radical (unpaired) electrons. The number of halogens is 2. The summed E-state index contributed by atoms with van der Waals surface area (Å²) < 4.78 is 0. The van der Waals surface area contributed by atoms with Crippen molar-refractivity contribution in [3.05, 3.63) is 75.4 Å². The average molecular weight is 360 g/mol. The van der Waals surface area contributed by atoms with Crippen LogP contribution in [0.3, 0.4) is 0 Å². The highest BCUT2D eigenvalue weighted by atomic mass is 35.5. The molecule has 0 saturated carbocycles. The van der Waals surface area contributed by atoms with E-state index in [2.05, 4.69) is 10.6 Å². The maximum atomic E-state index is 12.1. The molecule has 0 aliphatic rings. The van der Waals surface area contributed by atoms with E-state index in [9.17, 15) is 4.79 Å². The van der Waals surface area contributed by atoms with Gasteiger partial charge >= 0.3 is 0 Å². The van der Waals surface area contributed by atoms with Gasteiger partial charge in [-0.25, -0.2) is 0 Å². The summed E-state index contributed by atoms with van der Waals surface area (Å²) in [5, 5.41) is 15.9. The number of carbonyl (C=O) groups excluding carboxylic acids is 1. The van der Waals surface area contributed by atoms with Crippen molar-refractivity contribution in [2.24, 2.45) is 0 Å². The van der Waals surface area contributed by atoms with Gasteiger partial charge in [0.25, 0.3) is 5.91 Å². The molecule has 0 spiro atoms. The van der Waals surface area contributed by atoms with Crippen molar-refractivity contribution in [3.63, 3.8) is 0 Å². The van der Waals surface area contributed by atoms with Crippen LogP contribution in [0.4, 0.5) is 5.69 Å². The quantitative estimate of drug-likeness (QED) is 0.612. The summed E-state index contributed by atoms with van der Waals surface area (Å²) in [5.74, 6) is -0.510. The second-order valence-electron chi connectivity index (χ2n) is 5.06. The number of benzene rings is 2. The maximum Gasteiger partial charge on any atom is 0.267 e. The molecule has 0 aliphatic heterocycles. The van der Waals surface area contributed by atoms with E-state index >= 15 is 0 Å². The minimum atomic E-state index is -0.510. The van der Waals surface area contributed by atoms with Crippen molar-refractivity contribution >= 4 is 34.8 Å². The van der Waals surface area contributed by atoms with E-state index in [1.54, 1.807) is 24.3 Å². The molecule has 122 valence electrons. The third-order valence-electron chi connectivity index (χ3n) is 3.29. The molecule has 24 heavy (non-hydrogen) atoms. The molecule has 2 N–H and O–H groups in total. The van der Waals surface area contributed by atoms with E-state index in [-0.39, 0.29) is 5.57 Å². The summed E-state index contributed by atoms with van der Waals surface area (Å²) in [6.07, 6.45) is 1.37. The molecule has 0 saturated heterocycles. The summed E-state index contributed by atoms with van der Waals surface area (Å²) in [7, 11) is 0. The molecule has 0 fully saturated rings. The fourth-order valence-electron chi connectivity index (χ4n) is 1.92. The summed E-state index contributed by atoms with van der Waals surface area (Å²) >= 11 is 12.1. The van der Waals surface area contributed by atoms with Crippen LogP contribution in [0.15, 0.2) is 54.2 Å². The van der Waals surface area contributed by atoms with Crippen LogP contribution in [-0.4, -0.2) is 5.91 Å². The molecule has 1 amide bonds. The van der Waals surface area contributed by atoms with Crippen molar-refractivity contribution in [2.45, 2.75) is 13.5 Å². The van der Waals surface area contributed by atoms with Crippen molar-refractivity contribution in [3.8, 4) is 6.07 Å². The van der Waals surface area contributed by atoms with Crippen molar-refractivity contribution in [2.75, 3.05) is 5.32 Å². The Morgan fingerprint density at radius 2 is 1.96 bits per heavy atom. The lowest BCUT2D eigenvalue weighted by molar-refractivity contribution is -0.112. The molecular weight excluding hydrogens is 345 g/mol. The van der Waals surface area contributed by atoms with Crippen LogP contribution < -0.4 is 10.6 Å². The summed E-state index contributed by atoms with van der Waals surface area (Å²) in [5.41, 5.74) is 2.27. The number of aryl methyl sites for hydroxylation is 1. The number of nitrogens with zero attached hydrogens (tertiary/aromatic N) is 1. The molecule has 0 unspecified atom stereocenters. The maximum absolute atomic E-state index is 12.1. The predicted octanol–water partition coefficient (Wildman–Crippen LogP) is 4.44. The van der Waals surface area contributed by atoms with E-state index in [4.69, 9.17) is 28.5 Å². The van der Waals surface area contributed by atoms with Gasteiger partial charge in [-0.3, -0.25) is 4.79 Å². The zero-order valence-corrected chi connectivity index (χ0v) is 14.4. The third kappa shape index (κ3) is 4.76. The van der Waals surface area contributed by atoms with Gasteiger partial charge in [0.15, 0.2) is 0 Å². The van der Waals surface area contributed by atoms with Gasteiger partial charge in [-0.05, 0) is 36.2 Å². The van der Waals surface area contributed by atoms with Crippen molar-refractivity contribution in [1.82, 2.24) is 5.32 Å². The molecule has 0 atom stereocenters. The molecule has 0 bridgehead atoms. The minimum Gasteiger partial charge on any atom is -0.386 e. The van der Waals surface area contributed by atoms with Crippen LogP contribution in [0.25, 0.3) is 0 Å². The third-order valence-corrected chi connectivity index (χ3v) is 4.07. The molecule has 0 heterocycles. The van der Waals surface area contributed by atoms with Gasteiger partial charge in [0.05, 0.1) is 0 Å². The SMILES string of the molecule is Cc1ccc(NC(=O)/C(C#N)=C\NCc2ccccc2Cl)cc1Cl. The number of rotatable bonds is 5. The summed E-state index contributed by atoms with van der Waals surface area (Å²) in [6.45, 7) is 2.28. The Balaban J connectivity index is 2.01. The first kappa shape index (κ1) is 17.9. The molecule has 4 nitrogen and oxygen atoms in total. The zero-order chi connectivity index (χ0) is 17.5. The van der Waals surface area contributed by atoms with E-state index < -0.39 is 5.91 Å². The Kier molecular flexibility index (Phi) is 6.25. The van der Waals surface area contributed by atoms with Crippen LogP contribution in [0, 0.1) is 18.3 Å². The number of amides is 1. The second-order valence-corrected chi connectivity index (χ2v) is 5.87. The van der Waals surface area contributed by atoms with Gasteiger partial charge in [-0.15, -0.1) is 0 Å². The molecule has 2 aromatic rings. The number of carbonyl (C=O) groups is 1. The Hall–Kier alpha value is -2.48. The van der Waals surface area contributed by atoms with Crippen LogP contribution in [-0.2, 0) is 11.3 Å². The Morgan fingerprint density at radius 3 is 2.62 bits per heavy atom. The molecule has 2 rings (SSSR count). The Labute approximate surface area is 150 Å². The fourth-order valence-corrected chi connectivity index (χ4v) is 2.31. The summed E-state index contributed by atoms with van der Waals surface area (Å²) in [4.78, 5) is 12.1. The lowest BCUT2D eigenvalue weighted by Gasteiger charge is -2.07. The van der Waals surface area contributed by atoms with Gasteiger partial charge in [-0.1, -0.05) is 47.5 Å². The standard InChI is InChI=1S/C18H15Cl2N3O/c1-12-6-7-15(8-17(12)20)23-18(24)14(9-21)11-22-10-13-4-2-3-5-16(13)19/h2-8,11,22H,10H2,1H3,(H,23,24)/b14-11-. The largest absolute Gasteiger partial charge is 0.386 e. The van der Waals surface area contributed by atoms with E-state index in [0.717, 1.165) is 11.1 Å². The molecule has 0 aromatic heterocycles. The summed E-state index contributed by atoms with van der Waals surface area (Å²) in [6, 6.07) is 14.4. The van der Waals surface area contributed by atoms with E-state index in [1.807, 2.05) is 31.2 Å². The lowest BCUT2D eigenvalue weighted by Crippen LogP contribution is -2.16. The first-order chi connectivity index (χ1) is 11.5. The molecule has 2 aromatic carbocycles. The van der Waals surface area contributed by atoms with Crippen LogP contribution in [0.5, 0.6) is 0 Å². The highest BCUT2D eigenvalue weighted by molar-refractivity contribution is 6.31. The normalized spacial score (nSPS) is 10.8. The highest BCUT2D eigenvalue weighted by Crippen LogP contribution is 2.20. The van der Waals surface area contributed by atoms with Gasteiger partial charge in [0.1, 0.15) is 11.6 Å². The minimum absolute atomic E-state index is 0.0428. The topological polar surface area (TPSA) is 64.9 Å². The number of nitriles is 1. The monoisotopic (exact) mass is 359 g/mol. The smallest absolute Gasteiger partial charge is 0.267 e. The van der Waals surface area contributed by atoms with Gasteiger partial charge < -0.3 is 10.6 Å². The predicted molar refractivity (Wildman–Crippen MR) is 96.8 cm³/mol. The lowest BCUT2D eigenvalue weighted by atomic mass is 10.2. The Bertz CT molecular complexity index is 825. The second kappa shape index (κ2) is 8.39. The molecular formula is C18H15Cl2N3O. The zero-order valence-electron chi connectivity index (χ0n) is 12.9. The number of hydrogen-bond donors (Lipinski definition) is 2. The molecule has 6 heteroatoms. The Morgan fingerprint density at radius 1 is 1.21 bits per heavy atom. The first-order valence-electron chi connectivity index (χ1n) is 7.16. The van der Waals surface area contributed by atoms with Crippen molar-refractivity contribution in [1.29, 1.82) is 5.26 Å². The number of hydrogen-bond acceptors (Lipinski definition) is 3. The van der Waals surface area contributed by atoms with Crippen LogP contribution in [0.2, 0.25) is 10.0 Å². The molecule has 0 aliphatic carbocycles. The van der Waals surface area contributed by atoms with Gasteiger partial charge in [0, 0.05) is 28.5 Å². The van der Waals surface area contributed by atoms with Crippen molar-refractivity contribution < 1.29 is 4.79 Å².